The predicted octanol–water partition coefficient (Wildman–Crippen LogP) is 5.08. The van der Waals surface area contributed by atoms with Crippen molar-refractivity contribution in [1.29, 1.82) is 0 Å². The van der Waals surface area contributed by atoms with Crippen LogP contribution in [-0.4, -0.2) is 0 Å². The Labute approximate surface area is 99.5 Å². The lowest BCUT2D eigenvalue weighted by molar-refractivity contribution is 0.354. The number of benzene rings is 1. The van der Waals surface area contributed by atoms with Gasteiger partial charge in [-0.25, -0.2) is 0 Å². The summed E-state index contributed by atoms with van der Waals surface area (Å²) in [5.74, 6) is 0.102. The van der Waals surface area contributed by atoms with Crippen molar-refractivity contribution in [2.24, 2.45) is 0 Å². The Morgan fingerprint density at radius 3 is 2.19 bits per heavy atom. The van der Waals surface area contributed by atoms with Gasteiger partial charge in [0.2, 0.25) is 0 Å². The molecule has 1 heteroatoms. The first kappa shape index (κ1) is 13.1. The topological polar surface area (TPSA) is 19.9 Å². The van der Waals surface area contributed by atoms with E-state index < -0.39 is 0 Å². The van der Waals surface area contributed by atoms with Gasteiger partial charge in [-0.15, -0.1) is 0 Å². The van der Waals surface area contributed by atoms with Crippen molar-refractivity contribution in [2.75, 3.05) is 0 Å². The predicted molar refractivity (Wildman–Crippen MR) is 68.4 cm³/mol. The lowest BCUT2D eigenvalue weighted by Gasteiger charge is -2.25. The number of rotatable bonds is 6. The molecule has 16 heavy (non-hydrogen) atoms. The summed E-state index contributed by atoms with van der Waals surface area (Å²) in [7, 11) is 0. The minimum absolute atomic E-state index is 0.102. The van der Waals surface area contributed by atoms with Crippen LogP contribution in [0.15, 0.2) is 24.3 Å². The smallest absolute Gasteiger partial charge is 0.178 e. The maximum atomic E-state index is 11.0. The second kappa shape index (κ2) is 5.93. The number of hydrogen-bond donors (Lipinski definition) is 0. The summed E-state index contributed by atoms with van der Waals surface area (Å²) in [4.78, 5) is 0. The molecule has 0 amide bonds. The molecule has 1 aromatic rings. The largest absolute Gasteiger partial charge is 0.290 e. The third kappa shape index (κ3) is 3.88. The fourth-order valence-corrected chi connectivity index (χ4v) is 2.04. The molecule has 1 rings (SSSR count). The molecule has 0 unspecified atom stereocenters. The maximum Gasteiger partial charge on any atom is 0.178 e. The zero-order valence-corrected chi connectivity index (χ0v) is 10.8. The second-order valence-corrected chi connectivity index (χ2v) is 5.22. The minimum Gasteiger partial charge on any atom is -0.290 e. The summed E-state index contributed by atoms with van der Waals surface area (Å²) in [5, 5.41) is 11.0. The molecular formula is C15H23O. The van der Waals surface area contributed by atoms with Gasteiger partial charge < -0.3 is 0 Å². The first-order valence-corrected chi connectivity index (χ1v) is 6.34. The molecule has 0 saturated heterocycles. The molecule has 0 spiro atoms. The normalized spacial score (nSPS) is 11.7. The molecule has 0 bridgehead atoms. The molecule has 0 aliphatic heterocycles. The molecule has 1 aromatic carbocycles. The van der Waals surface area contributed by atoms with Crippen LogP contribution < -0.4 is 0 Å². The van der Waals surface area contributed by atoms with Crippen LogP contribution in [0.3, 0.4) is 0 Å². The third-order valence-corrected chi connectivity index (χ3v) is 3.29. The van der Waals surface area contributed by atoms with Gasteiger partial charge in [0.1, 0.15) is 0 Å². The van der Waals surface area contributed by atoms with Crippen LogP contribution in [0.5, 0.6) is 5.75 Å². The Hall–Kier alpha value is -0.980. The van der Waals surface area contributed by atoms with Crippen molar-refractivity contribution >= 4 is 0 Å². The lowest BCUT2D eigenvalue weighted by Crippen LogP contribution is -2.16. The van der Waals surface area contributed by atoms with Gasteiger partial charge in [0, 0.05) is 0 Å². The molecule has 0 aliphatic carbocycles. The number of unbranched alkanes of at least 4 members (excludes halogenated alkanes) is 3. The number of hydrogen-bond acceptors (Lipinski definition) is 0. The van der Waals surface area contributed by atoms with E-state index in [-0.39, 0.29) is 11.2 Å². The summed E-state index contributed by atoms with van der Waals surface area (Å²) in [6.45, 7) is 6.76. The van der Waals surface area contributed by atoms with Crippen LogP contribution in [0.1, 0.15) is 58.4 Å². The molecule has 0 N–H and O–H groups in total. The highest BCUT2D eigenvalue weighted by molar-refractivity contribution is 5.30. The summed E-state index contributed by atoms with van der Waals surface area (Å²) in [6.07, 6.45) is 6.41. The molecule has 0 aliphatic rings. The molecule has 0 saturated carbocycles. The van der Waals surface area contributed by atoms with E-state index in [2.05, 4.69) is 20.8 Å². The summed E-state index contributed by atoms with van der Waals surface area (Å²) in [6, 6.07) is 7.29. The maximum absolute atomic E-state index is 11.0. The van der Waals surface area contributed by atoms with E-state index in [1.807, 2.05) is 12.1 Å². The zero-order chi connectivity index (χ0) is 12.0. The van der Waals surface area contributed by atoms with E-state index in [0.717, 1.165) is 0 Å². The van der Waals surface area contributed by atoms with Crippen molar-refractivity contribution in [3.63, 3.8) is 0 Å². The fraction of sp³-hybridized carbons (Fsp3) is 0.600. The monoisotopic (exact) mass is 219 g/mol. The first-order valence-electron chi connectivity index (χ1n) is 6.34. The van der Waals surface area contributed by atoms with Gasteiger partial charge in [-0.2, -0.15) is 0 Å². The highest BCUT2D eigenvalue weighted by Crippen LogP contribution is 2.30. The summed E-state index contributed by atoms with van der Waals surface area (Å²) in [5.41, 5.74) is 1.48. The van der Waals surface area contributed by atoms with Crippen LogP contribution in [-0.2, 0) is 10.5 Å². The van der Waals surface area contributed by atoms with E-state index >= 15 is 0 Å². The zero-order valence-electron chi connectivity index (χ0n) is 10.8. The standard InChI is InChI=1S/C15H23O/c1-4-5-6-7-12-15(2,3)13-8-10-14(16)11-9-13/h8-11H,4-7,12H2,1-3H3. The molecule has 0 fully saturated rings. The lowest BCUT2D eigenvalue weighted by atomic mass is 9.80. The van der Waals surface area contributed by atoms with Gasteiger partial charge >= 0.3 is 0 Å². The molecular weight excluding hydrogens is 196 g/mol. The average Bonchev–Trinajstić information content (AvgIpc) is 2.25. The van der Waals surface area contributed by atoms with E-state index in [0.29, 0.717) is 0 Å². The van der Waals surface area contributed by atoms with Gasteiger partial charge in [-0.05, 0) is 29.5 Å². The van der Waals surface area contributed by atoms with Crippen LogP contribution >= 0.6 is 0 Å². The van der Waals surface area contributed by atoms with Crippen LogP contribution in [0, 0.1) is 0 Å². The Morgan fingerprint density at radius 1 is 1.00 bits per heavy atom. The fourth-order valence-electron chi connectivity index (χ4n) is 2.04. The summed E-state index contributed by atoms with van der Waals surface area (Å²) >= 11 is 0. The van der Waals surface area contributed by atoms with Crippen molar-refractivity contribution in [2.45, 2.75) is 58.3 Å². The molecule has 89 valence electrons. The highest BCUT2D eigenvalue weighted by Gasteiger charge is 2.19. The van der Waals surface area contributed by atoms with Gasteiger partial charge in [-0.3, -0.25) is 5.11 Å². The molecule has 1 radical (unpaired) electrons. The van der Waals surface area contributed by atoms with E-state index in [4.69, 9.17) is 0 Å². The van der Waals surface area contributed by atoms with Gasteiger partial charge in [-0.1, -0.05) is 58.6 Å². The van der Waals surface area contributed by atoms with Crippen molar-refractivity contribution in [1.82, 2.24) is 0 Å². The molecule has 0 heterocycles. The Balaban J connectivity index is 2.52. The van der Waals surface area contributed by atoms with E-state index in [1.54, 1.807) is 12.1 Å². The highest BCUT2D eigenvalue weighted by atomic mass is 16.3. The van der Waals surface area contributed by atoms with E-state index in [9.17, 15) is 5.11 Å². The molecule has 0 aromatic heterocycles. The second-order valence-electron chi connectivity index (χ2n) is 5.22. The van der Waals surface area contributed by atoms with Crippen LogP contribution in [0.2, 0.25) is 0 Å². The van der Waals surface area contributed by atoms with Gasteiger partial charge in [0.15, 0.2) is 5.75 Å². The third-order valence-electron chi connectivity index (χ3n) is 3.29. The van der Waals surface area contributed by atoms with Crippen LogP contribution in [0.25, 0.3) is 0 Å². The Morgan fingerprint density at radius 2 is 1.62 bits per heavy atom. The van der Waals surface area contributed by atoms with Crippen LogP contribution in [0.4, 0.5) is 0 Å². The van der Waals surface area contributed by atoms with E-state index in [1.165, 1.54) is 37.7 Å². The minimum atomic E-state index is 0.102. The van der Waals surface area contributed by atoms with Crippen molar-refractivity contribution in [3.05, 3.63) is 29.8 Å². The first-order chi connectivity index (χ1) is 7.56. The van der Waals surface area contributed by atoms with Gasteiger partial charge in [0.25, 0.3) is 0 Å². The summed E-state index contributed by atoms with van der Waals surface area (Å²) < 4.78 is 0. The average molecular weight is 219 g/mol. The Bertz CT molecular complexity index is 298. The quantitative estimate of drug-likeness (QED) is 0.595. The molecule has 1 nitrogen and oxygen atoms in total. The van der Waals surface area contributed by atoms with Crippen molar-refractivity contribution < 1.29 is 5.11 Å². The SMILES string of the molecule is CCCCCCC(C)(C)c1ccc([O])cc1. The molecule has 0 atom stereocenters. The Kier molecular flexibility index (Phi) is 4.85. The van der Waals surface area contributed by atoms with Gasteiger partial charge in [0.05, 0.1) is 0 Å². The van der Waals surface area contributed by atoms with Crippen molar-refractivity contribution in [3.8, 4) is 5.75 Å².